The molecule has 2 heterocycles. The number of nitrogens with zero attached hydrogens (tertiary/aromatic N) is 4. The summed E-state index contributed by atoms with van der Waals surface area (Å²) in [7, 11) is 0. The van der Waals surface area contributed by atoms with E-state index in [-0.39, 0.29) is 34.9 Å². The van der Waals surface area contributed by atoms with Crippen molar-refractivity contribution in [2.75, 3.05) is 5.32 Å². The molecule has 3 aromatic rings. The maximum atomic E-state index is 13.6. The Balaban J connectivity index is 1.66. The zero-order chi connectivity index (χ0) is 23.0. The smallest absolute Gasteiger partial charge is 0.322 e. The van der Waals surface area contributed by atoms with Crippen LogP contribution in [0.25, 0.3) is 11.3 Å². The van der Waals surface area contributed by atoms with Crippen molar-refractivity contribution in [3.05, 3.63) is 70.1 Å². The normalized spacial score (nSPS) is 15.1. The van der Waals surface area contributed by atoms with Gasteiger partial charge in [0, 0.05) is 11.3 Å². The highest BCUT2D eigenvalue weighted by Gasteiger charge is 2.33. The van der Waals surface area contributed by atoms with Gasteiger partial charge >= 0.3 is 6.03 Å². The Bertz CT molecular complexity index is 1260. The van der Waals surface area contributed by atoms with Crippen molar-refractivity contribution in [2.24, 2.45) is 5.73 Å². The number of fused-ring (bicyclic) bond motifs is 1. The number of amides is 3. The lowest BCUT2D eigenvalue weighted by Gasteiger charge is -2.34. The minimum Gasteiger partial charge on any atom is -0.365 e. The fourth-order valence-electron chi connectivity index (χ4n) is 3.67. The van der Waals surface area contributed by atoms with Crippen LogP contribution >= 0.6 is 11.6 Å². The van der Waals surface area contributed by atoms with E-state index in [1.165, 1.54) is 18.2 Å². The highest BCUT2D eigenvalue weighted by molar-refractivity contribution is 6.31. The van der Waals surface area contributed by atoms with Gasteiger partial charge in [-0.1, -0.05) is 11.6 Å². The highest BCUT2D eigenvalue weighted by atomic mass is 35.5. The van der Waals surface area contributed by atoms with E-state index in [2.05, 4.69) is 10.4 Å². The third-order valence-corrected chi connectivity index (χ3v) is 5.60. The molecule has 1 atom stereocenters. The quantitative estimate of drug-likeness (QED) is 0.629. The van der Waals surface area contributed by atoms with Crippen LogP contribution in [0.1, 0.15) is 28.5 Å². The SMILES string of the molecule is C[C@@H]1Cn2nc(-c3ccc(F)c(Cl)c3)c(C(N)=O)c2CN1C(=O)Nc1ccc(C#N)cc1. The van der Waals surface area contributed by atoms with Gasteiger partial charge in [0.1, 0.15) is 11.5 Å². The van der Waals surface area contributed by atoms with Gasteiger partial charge in [-0.15, -0.1) is 0 Å². The molecule has 0 fully saturated rings. The third kappa shape index (κ3) is 3.88. The molecule has 8 nitrogen and oxygen atoms in total. The first kappa shape index (κ1) is 21.3. The standard InChI is InChI=1S/C22H18ClFN6O2/c1-12-10-30-18(11-29(12)22(32)27-15-5-2-13(9-25)3-6-15)19(21(26)31)20(28-30)14-4-7-17(24)16(23)8-14/h2-8,12H,10-11H2,1H3,(H2,26,31)(H,27,32)/t12-/m1/s1. The number of carbonyl (C=O) groups excluding carboxylic acids is 2. The number of nitriles is 1. The Kier molecular flexibility index (Phi) is 5.55. The van der Waals surface area contributed by atoms with E-state index in [4.69, 9.17) is 22.6 Å². The molecule has 2 aromatic carbocycles. The third-order valence-electron chi connectivity index (χ3n) is 5.31. The summed E-state index contributed by atoms with van der Waals surface area (Å²) in [6.45, 7) is 2.30. The Morgan fingerprint density at radius 2 is 2.00 bits per heavy atom. The molecule has 1 aliphatic rings. The molecule has 3 N–H and O–H groups in total. The predicted molar refractivity (Wildman–Crippen MR) is 116 cm³/mol. The van der Waals surface area contributed by atoms with E-state index in [9.17, 15) is 14.0 Å². The van der Waals surface area contributed by atoms with Gasteiger partial charge in [0.05, 0.1) is 47.0 Å². The van der Waals surface area contributed by atoms with Crippen LogP contribution in [0, 0.1) is 17.1 Å². The lowest BCUT2D eigenvalue weighted by Crippen LogP contribution is -2.47. The Morgan fingerprint density at radius 1 is 1.28 bits per heavy atom. The van der Waals surface area contributed by atoms with E-state index in [0.717, 1.165) is 0 Å². The van der Waals surface area contributed by atoms with E-state index in [0.29, 0.717) is 29.1 Å². The van der Waals surface area contributed by atoms with Crippen LogP contribution in [0.2, 0.25) is 5.02 Å². The summed E-state index contributed by atoms with van der Waals surface area (Å²) in [6, 6.07) is 12.0. The molecule has 32 heavy (non-hydrogen) atoms. The Hall–Kier alpha value is -3.90. The van der Waals surface area contributed by atoms with Crippen LogP contribution in [-0.4, -0.2) is 32.7 Å². The summed E-state index contributed by atoms with van der Waals surface area (Å²) in [5, 5.41) is 16.1. The maximum Gasteiger partial charge on any atom is 0.322 e. The molecule has 3 amide bonds. The van der Waals surface area contributed by atoms with Gasteiger partial charge in [-0.2, -0.15) is 10.4 Å². The molecular formula is C22H18ClFN6O2. The van der Waals surface area contributed by atoms with E-state index >= 15 is 0 Å². The van der Waals surface area contributed by atoms with Crippen molar-refractivity contribution in [2.45, 2.75) is 26.1 Å². The number of aromatic nitrogens is 2. The summed E-state index contributed by atoms with van der Waals surface area (Å²) in [4.78, 5) is 26.8. The van der Waals surface area contributed by atoms with Gasteiger partial charge in [-0.05, 0) is 49.4 Å². The molecular weight excluding hydrogens is 435 g/mol. The van der Waals surface area contributed by atoms with Crippen LogP contribution in [0.4, 0.5) is 14.9 Å². The number of carbonyl (C=O) groups is 2. The molecule has 0 radical (unpaired) electrons. The van der Waals surface area contributed by atoms with Gasteiger partial charge in [0.2, 0.25) is 0 Å². The second kappa shape index (κ2) is 8.32. The monoisotopic (exact) mass is 452 g/mol. The first-order valence-electron chi connectivity index (χ1n) is 9.71. The van der Waals surface area contributed by atoms with Crippen LogP contribution in [0.15, 0.2) is 42.5 Å². The lowest BCUT2D eigenvalue weighted by molar-refractivity contribution is 0.0995. The minimum absolute atomic E-state index is 0.0966. The number of urea groups is 1. The Morgan fingerprint density at radius 3 is 2.62 bits per heavy atom. The molecule has 0 bridgehead atoms. The van der Waals surface area contributed by atoms with Crippen molar-refractivity contribution in [3.8, 4) is 17.3 Å². The zero-order valence-electron chi connectivity index (χ0n) is 17.0. The fourth-order valence-corrected chi connectivity index (χ4v) is 3.85. The van der Waals surface area contributed by atoms with Crippen molar-refractivity contribution >= 4 is 29.2 Å². The molecule has 0 saturated heterocycles. The van der Waals surface area contributed by atoms with Crippen molar-refractivity contribution in [3.63, 3.8) is 0 Å². The van der Waals surface area contributed by atoms with Crippen LogP contribution in [-0.2, 0) is 13.1 Å². The first-order valence-corrected chi connectivity index (χ1v) is 10.1. The van der Waals surface area contributed by atoms with Crippen LogP contribution in [0.3, 0.4) is 0 Å². The molecule has 0 unspecified atom stereocenters. The molecule has 0 aliphatic carbocycles. The molecule has 4 rings (SSSR count). The van der Waals surface area contributed by atoms with Crippen molar-refractivity contribution in [1.29, 1.82) is 5.26 Å². The van der Waals surface area contributed by atoms with Gasteiger partial charge in [0.15, 0.2) is 0 Å². The minimum atomic E-state index is -0.705. The number of nitrogens with one attached hydrogen (secondary N) is 1. The van der Waals surface area contributed by atoms with Crippen LogP contribution in [0.5, 0.6) is 0 Å². The maximum absolute atomic E-state index is 13.6. The molecule has 10 heteroatoms. The molecule has 162 valence electrons. The summed E-state index contributed by atoms with van der Waals surface area (Å²) >= 11 is 5.90. The number of nitrogens with two attached hydrogens (primary N) is 1. The molecule has 0 saturated carbocycles. The number of hydrogen-bond donors (Lipinski definition) is 2. The average molecular weight is 453 g/mol. The molecule has 1 aromatic heterocycles. The summed E-state index contributed by atoms with van der Waals surface area (Å²) in [5.41, 5.74) is 8.06. The molecule has 0 spiro atoms. The van der Waals surface area contributed by atoms with Gasteiger partial charge in [0.25, 0.3) is 5.91 Å². The second-order valence-corrected chi connectivity index (χ2v) is 7.85. The largest absolute Gasteiger partial charge is 0.365 e. The van der Waals surface area contributed by atoms with Gasteiger partial charge in [-0.3, -0.25) is 9.48 Å². The summed E-state index contributed by atoms with van der Waals surface area (Å²) in [5.74, 6) is -1.29. The Labute approximate surface area is 188 Å². The number of primary amides is 1. The van der Waals surface area contributed by atoms with Crippen molar-refractivity contribution < 1.29 is 14.0 Å². The van der Waals surface area contributed by atoms with E-state index < -0.39 is 11.7 Å². The fraction of sp³-hybridized carbons (Fsp3) is 0.182. The zero-order valence-corrected chi connectivity index (χ0v) is 17.7. The molecule has 1 aliphatic heterocycles. The van der Waals surface area contributed by atoms with Gasteiger partial charge < -0.3 is 16.0 Å². The summed E-state index contributed by atoms with van der Waals surface area (Å²) in [6.07, 6.45) is 0. The highest BCUT2D eigenvalue weighted by Crippen LogP contribution is 2.32. The number of hydrogen-bond acceptors (Lipinski definition) is 4. The van der Waals surface area contributed by atoms with E-state index in [1.54, 1.807) is 33.8 Å². The van der Waals surface area contributed by atoms with Crippen LogP contribution < -0.4 is 11.1 Å². The van der Waals surface area contributed by atoms with E-state index in [1.807, 2.05) is 13.0 Å². The van der Waals surface area contributed by atoms with Crippen molar-refractivity contribution in [1.82, 2.24) is 14.7 Å². The number of rotatable bonds is 3. The number of halogens is 2. The number of benzene rings is 2. The first-order chi connectivity index (χ1) is 15.3. The summed E-state index contributed by atoms with van der Waals surface area (Å²) < 4.78 is 15.2. The lowest BCUT2D eigenvalue weighted by atomic mass is 10.0. The average Bonchev–Trinajstić information content (AvgIpc) is 3.14. The number of anilines is 1. The van der Waals surface area contributed by atoms with Gasteiger partial charge in [-0.25, -0.2) is 9.18 Å². The predicted octanol–water partition coefficient (Wildman–Crippen LogP) is 3.75. The topological polar surface area (TPSA) is 117 Å². The second-order valence-electron chi connectivity index (χ2n) is 7.44.